The van der Waals surface area contributed by atoms with E-state index in [1.165, 1.54) is 10.6 Å². The van der Waals surface area contributed by atoms with Gasteiger partial charge in [-0.2, -0.15) is 0 Å². The van der Waals surface area contributed by atoms with Crippen LogP contribution in [0.2, 0.25) is 0 Å². The molecule has 0 amide bonds. The largest absolute Gasteiger partial charge is 0.0622 e. The van der Waals surface area contributed by atoms with Crippen LogP contribution in [-0.2, 0) is 0 Å². The van der Waals surface area contributed by atoms with Gasteiger partial charge in [0.2, 0.25) is 0 Å². The van der Waals surface area contributed by atoms with E-state index in [1.54, 1.807) is 0 Å². The second-order valence-corrected chi connectivity index (χ2v) is 4.26. The normalized spacial score (nSPS) is 9.14. The maximum absolute atomic E-state index is 2.17. The molecule has 2 rings (SSSR count). The Bertz CT molecular complexity index is 321. The van der Waals surface area contributed by atoms with Gasteiger partial charge in [-0.25, -0.2) is 0 Å². The maximum atomic E-state index is 2.17. The van der Waals surface area contributed by atoms with Crippen molar-refractivity contribution in [2.45, 2.75) is 0 Å². The van der Waals surface area contributed by atoms with Crippen molar-refractivity contribution in [3.8, 4) is 0 Å². The van der Waals surface area contributed by atoms with Crippen LogP contribution >= 0.6 is 8.58 Å². The van der Waals surface area contributed by atoms with Crippen LogP contribution in [0.4, 0.5) is 0 Å². The minimum atomic E-state index is 0. The average molecular weight is 226 g/mol. The first kappa shape index (κ1) is 12.2. The summed E-state index contributed by atoms with van der Waals surface area (Å²) < 4.78 is 0. The van der Waals surface area contributed by atoms with Crippen molar-refractivity contribution in [1.82, 2.24) is 0 Å². The Morgan fingerprint density at radius 1 is 0.571 bits per heavy atom. The van der Waals surface area contributed by atoms with Gasteiger partial charge in [0.25, 0.3) is 0 Å². The summed E-state index contributed by atoms with van der Waals surface area (Å²) in [5, 5.41) is 2.79. The second kappa shape index (κ2) is 6.58. The van der Waals surface area contributed by atoms with E-state index in [1.807, 2.05) is 0 Å². The molecule has 2 radical (unpaired) electrons. The minimum Gasteiger partial charge on any atom is -0.0622 e. The van der Waals surface area contributed by atoms with Crippen molar-refractivity contribution in [1.29, 1.82) is 0 Å². The van der Waals surface area contributed by atoms with Crippen LogP contribution < -0.4 is 10.6 Å². The van der Waals surface area contributed by atoms with Crippen LogP contribution in [0.25, 0.3) is 0 Å². The predicted octanol–water partition coefficient (Wildman–Crippen LogP) is 1.94. The first-order valence-electron chi connectivity index (χ1n) is 4.32. The molecule has 0 aliphatic heterocycles. The Kier molecular flexibility index (Phi) is 5.74. The molecule has 0 N–H and O–H groups in total. The summed E-state index contributed by atoms with van der Waals surface area (Å²) >= 11 is 0. The summed E-state index contributed by atoms with van der Waals surface area (Å²) in [7, 11) is 0.777. The van der Waals surface area contributed by atoms with E-state index in [0.29, 0.717) is 0 Å². The summed E-state index contributed by atoms with van der Waals surface area (Å²) in [5.74, 6) is 0. The monoisotopic (exact) mass is 226 g/mol. The molecule has 0 saturated heterocycles. The third kappa shape index (κ3) is 3.71. The summed E-state index contributed by atoms with van der Waals surface area (Å²) in [6.45, 7) is 0. The zero-order chi connectivity index (χ0) is 8.93. The number of hydrogen-bond acceptors (Lipinski definition) is 0. The topological polar surface area (TPSA) is 0 Å². The molecule has 0 atom stereocenters. The first-order valence-corrected chi connectivity index (χ1v) is 5.32. The molecule has 0 saturated carbocycles. The molecule has 0 unspecified atom stereocenters. The molecule has 14 heavy (non-hydrogen) atoms. The van der Waals surface area contributed by atoms with Crippen LogP contribution in [0, 0.1) is 0 Å². The van der Waals surface area contributed by atoms with E-state index >= 15 is 0 Å². The fraction of sp³-hybridized carbons (Fsp3) is 0. The third-order valence-corrected chi connectivity index (χ3v) is 3.08. The first-order chi connectivity index (χ1) is 6.45. The number of rotatable bonds is 2. The smallest absolute Gasteiger partial charge is 0 e. The van der Waals surface area contributed by atoms with Gasteiger partial charge in [0.15, 0.2) is 0 Å². The Morgan fingerprint density at radius 2 is 0.929 bits per heavy atom. The van der Waals surface area contributed by atoms with Crippen molar-refractivity contribution >= 4 is 56.9 Å². The Labute approximate surface area is 117 Å². The van der Waals surface area contributed by atoms with Crippen molar-refractivity contribution in [2.75, 3.05) is 0 Å². The number of benzene rings is 2. The molecule has 0 aliphatic rings. The molecule has 0 fully saturated rings. The van der Waals surface area contributed by atoms with Crippen molar-refractivity contribution < 1.29 is 0 Å². The van der Waals surface area contributed by atoms with Crippen LogP contribution in [-0.4, -0.2) is 37.7 Å². The van der Waals surface area contributed by atoms with E-state index in [9.17, 15) is 0 Å². The fourth-order valence-corrected chi connectivity index (χ4v) is 2.26. The molecule has 66 valence electrons. The molecule has 2 heteroatoms. The Balaban J connectivity index is 0.000000980. The van der Waals surface area contributed by atoms with Crippen LogP contribution in [0.3, 0.4) is 0 Å². The number of hydrogen-bond donors (Lipinski definition) is 0. The fourth-order valence-electron chi connectivity index (χ4n) is 1.21. The van der Waals surface area contributed by atoms with Gasteiger partial charge in [0, 0.05) is 37.7 Å². The van der Waals surface area contributed by atoms with E-state index in [0.717, 1.165) is 8.58 Å². The molecule has 2 aromatic rings. The van der Waals surface area contributed by atoms with E-state index in [4.69, 9.17) is 0 Å². The quantitative estimate of drug-likeness (QED) is 0.542. The minimum absolute atomic E-state index is 0. The van der Waals surface area contributed by atoms with Gasteiger partial charge in [-0.15, -0.1) is 0 Å². The molecule has 0 bridgehead atoms. The maximum Gasteiger partial charge on any atom is 0 e. The van der Waals surface area contributed by atoms with E-state index in [2.05, 4.69) is 60.7 Å². The molecule has 0 aromatic heterocycles. The summed E-state index contributed by atoms with van der Waals surface area (Å²) in [6.07, 6.45) is 0. The van der Waals surface area contributed by atoms with Gasteiger partial charge >= 0.3 is 0 Å². The van der Waals surface area contributed by atoms with Crippen molar-refractivity contribution in [3.05, 3.63) is 60.7 Å². The second-order valence-electron chi connectivity index (χ2n) is 2.86. The van der Waals surface area contributed by atoms with Crippen LogP contribution in [0.15, 0.2) is 60.7 Å². The Hall–Kier alpha value is 0.130. The van der Waals surface area contributed by atoms with E-state index in [-0.39, 0.29) is 37.7 Å². The molecule has 0 heterocycles. The summed E-state index contributed by atoms with van der Waals surface area (Å²) in [6, 6.07) is 21.2. The third-order valence-electron chi connectivity index (χ3n) is 1.84. The molecule has 0 spiro atoms. The van der Waals surface area contributed by atoms with Gasteiger partial charge < -0.3 is 0 Å². The molecular weight excluding hydrogens is 215 g/mol. The van der Waals surface area contributed by atoms with Crippen LogP contribution in [0.5, 0.6) is 0 Å². The van der Waals surface area contributed by atoms with Crippen LogP contribution in [0.1, 0.15) is 0 Å². The van der Waals surface area contributed by atoms with Gasteiger partial charge in [-0.1, -0.05) is 69.2 Å². The van der Waals surface area contributed by atoms with E-state index < -0.39 is 0 Å². The van der Waals surface area contributed by atoms with Gasteiger partial charge in [-0.3, -0.25) is 0 Å². The molecule has 2 aromatic carbocycles. The SMILES string of the molecule is [Ca].c1ccc(Pc2ccccc2)cc1. The molecule has 0 aliphatic carbocycles. The van der Waals surface area contributed by atoms with Gasteiger partial charge in [0.05, 0.1) is 0 Å². The van der Waals surface area contributed by atoms with Crippen molar-refractivity contribution in [3.63, 3.8) is 0 Å². The summed E-state index contributed by atoms with van der Waals surface area (Å²) in [5.41, 5.74) is 0. The standard InChI is InChI=1S/C12H11P.Ca/c1-3-7-11(8-4-1)13-12-9-5-2-6-10-12;/h1-10,13H;. The zero-order valence-corrected chi connectivity index (χ0v) is 11.2. The molecular formula is C12H11CaP. The molecule has 0 nitrogen and oxygen atoms in total. The zero-order valence-electron chi connectivity index (χ0n) is 7.98. The predicted molar refractivity (Wildman–Crippen MR) is 66.2 cm³/mol. The van der Waals surface area contributed by atoms with Gasteiger partial charge in [0.1, 0.15) is 0 Å². The summed E-state index contributed by atoms with van der Waals surface area (Å²) in [4.78, 5) is 0. The van der Waals surface area contributed by atoms with Gasteiger partial charge in [-0.05, 0) is 10.6 Å². The average Bonchev–Trinajstić information content (AvgIpc) is 2.21. The van der Waals surface area contributed by atoms with Crippen molar-refractivity contribution in [2.24, 2.45) is 0 Å². The Morgan fingerprint density at radius 3 is 1.29 bits per heavy atom.